The number of urea groups is 1. The number of aromatic nitrogens is 5. The fourth-order valence-corrected chi connectivity index (χ4v) is 9.91. The molecule has 82 heavy (non-hydrogen) atoms. The lowest BCUT2D eigenvalue weighted by molar-refractivity contribution is -0.166. The molecule has 0 aliphatic heterocycles. The molecular formula is C47H39ClF10N8O14S2. The maximum Gasteiger partial charge on any atom is 0.435 e. The van der Waals surface area contributed by atoms with Gasteiger partial charge in [-0.25, -0.2) is 54.6 Å². The normalized spacial score (nSPS) is 16.1. The Bertz CT molecular complexity index is 3750. The molecule has 5 aromatic rings. The van der Waals surface area contributed by atoms with Gasteiger partial charge in [0.25, 0.3) is 5.92 Å². The summed E-state index contributed by atoms with van der Waals surface area (Å²) in [5.74, 6) is -15.3. The minimum Gasteiger partial charge on any atom is -0.473 e. The Balaban J connectivity index is 1.46. The SMILES string of the molecule is CC(C)(C#Cc1ccc(-c2ccc(Cl)c3c(N(C(=O)NC(COC(=O)C(=O)O)COC(=O)C(=O)O)S(C)(=O)=O)nn(CC(F)(F)F)c23)c([C@H](Cc2cc(F)cc(F)c2)NC(=O)Cn2nc(C(F)(F)F)c3c2C(F)(F)[C@@H]2CC32)n1)S(C)(=O)=O. The Labute approximate surface area is 459 Å². The van der Waals surface area contributed by atoms with Crippen LogP contribution in [0.5, 0.6) is 0 Å². The summed E-state index contributed by atoms with van der Waals surface area (Å²) in [5, 5.41) is 27.7. The van der Waals surface area contributed by atoms with E-state index in [-0.39, 0.29) is 25.7 Å². The number of hydrogen-bond acceptors (Lipinski definition) is 15. The molecule has 35 heteroatoms. The first-order valence-electron chi connectivity index (χ1n) is 23.1. The number of rotatable bonds is 16. The van der Waals surface area contributed by atoms with Crippen molar-refractivity contribution in [2.24, 2.45) is 5.92 Å². The number of nitrogens with zero attached hydrogens (tertiary/aromatic N) is 6. The maximum absolute atomic E-state index is 15.7. The molecule has 2 aliphatic carbocycles. The third kappa shape index (κ3) is 13.1. The molecule has 4 N–H and O–H groups in total. The topological polar surface area (TPSA) is 305 Å². The van der Waals surface area contributed by atoms with Crippen LogP contribution in [0.2, 0.25) is 5.02 Å². The standard InChI is InChI=1S/C47H39ClF10N8O14S2/c1-44(2,81(3,75)76)10-9-23-5-6-25(34(59-23)30(13-20-11-21(49)14-22(50)12-20)61-31(67)16-64-37-32(36(62-64)47(56,57)58)27-15-28(27)46(37,54)55)26-7-8-29(48)33-35(26)65(19-45(51,52)53)63-38(33)66(82(4,77)78)43(74)60-24(17-79-41(72)39(68)69)18-80-42(73)40(70)71/h5-8,11-12,14,24,27-28,30H,13,15-19H2,1-4H3,(H,60,74)(H,61,67)(H,68,69)(H,70,71)/t27?,28-,30+/m1/s1. The van der Waals surface area contributed by atoms with Crippen LogP contribution in [0.15, 0.2) is 42.5 Å². The molecule has 0 spiro atoms. The lowest BCUT2D eigenvalue weighted by Gasteiger charge is -2.24. The van der Waals surface area contributed by atoms with Crippen molar-refractivity contribution in [2.75, 3.05) is 30.0 Å². The van der Waals surface area contributed by atoms with Gasteiger partial charge in [-0.05, 0) is 74.4 Å². The summed E-state index contributed by atoms with van der Waals surface area (Å²) in [6.45, 7) is -3.82. The van der Waals surface area contributed by atoms with Gasteiger partial charge in [-0.15, -0.1) is 0 Å². The lowest BCUT2D eigenvalue weighted by atomic mass is 9.93. The highest BCUT2D eigenvalue weighted by Gasteiger charge is 2.68. The van der Waals surface area contributed by atoms with E-state index in [1.54, 1.807) is 0 Å². The number of alkyl halides is 8. The smallest absolute Gasteiger partial charge is 0.435 e. The third-order valence-corrected chi connectivity index (χ3v) is 15.8. The number of carboxylic acid groups (broad SMARTS) is 2. The number of carbonyl (C=O) groups excluding carboxylic acids is 4. The van der Waals surface area contributed by atoms with Crippen molar-refractivity contribution in [3.8, 4) is 23.0 Å². The zero-order valence-corrected chi connectivity index (χ0v) is 44.4. The summed E-state index contributed by atoms with van der Waals surface area (Å²) < 4.78 is 208. The summed E-state index contributed by atoms with van der Waals surface area (Å²) in [6, 6.07) is -0.0862. The van der Waals surface area contributed by atoms with Crippen molar-refractivity contribution in [1.82, 2.24) is 35.2 Å². The molecule has 3 atom stereocenters. The van der Waals surface area contributed by atoms with E-state index in [2.05, 4.69) is 41.8 Å². The van der Waals surface area contributed by atoms with E-state index in [4.69, 9.17) is 21.8 Å². The molecule has 3 aromatic heterocycles. The summed E-state index contributed by atoms with van der Waals surface area (Å²) in [6.07, 6.45) is -10.6. The monoisotopic (exact) mass is 1230 g/mol. The minimum atomic E-state index is -5.32. The number of ether oxygens (including phenoxy) is 2. The Hall–Kier alpha value is -8.06. The Kier molecular flexibility index (Phi) is 16.5. The molecule has 1 fully saturated rings. The number of benzene rings is 2. The summed E-state index contributed by atoms with van der Waals surface area (Å²) in [7, 11) is -9.21. The number of esters is 2. The van der Waals surface area contributed by atoms with Crippen molar-refractivity contribution in [1.29, 1.82) is 0 Å². The van der Waals surface area contributed by atoms with Crippen LogP contribution in [0.25, 0.3) is 22.0 Å². The quantitative estimate of drug-likeness (QED) is 0.0416. The summed E-state index contributed by atoms with van der Waals surface area (Å²) in [4.78, 5) is 78.6. The van der Waals surface area contributed by atoms with Gasteiger partial charge in [-0.1, -0.05) is 23.6 Å². The van der Waals surface area contributed by atoms with Crippen LogP contribution in [-0.2, 0) is 84.9 Å². The fraction of sp³-hybridized carbons (Fsp3) is 0.383. The zero-order chi connectivity index (χ0) is 61.1. The van der Waals surface area contributed by atoms with E-state index in [0.29, 0.717) is 12.3 Å². The summed E-state index contributed by atoms with van der Waals surface area (Å²) >= 11 is 6.62. The molecule has 3 heterocycles. The predicted molar refractivity (Wildman–Crippen MR) is 260 cm³/mol. The van der Waals surface area contributed by atoms with Crippen LogP contribution in [0, 0.1) is 29.4 Å². The van der Waals surface area contributed by atoms with Crippen LogP contribution < -0.4 is 14.9 Å². The number of pyridine rings is 1. The van der Waals surface area contributed by atoms with E-state index < -0.39 is 208 Å². The van der Waals surface area contributed by atoms with Crippen LogP contribution in [0.1, 0.15) is 66.1 Å². The van der Waals surface area contributed by atoms with Crippen LogP contribution in [0.4, 0.5) is 54.5 Å². The van der Waals surface area contributed by atoms with Gasteiger partial charge in [0.2, 0.25) is 15.9 Å². The predicted octanol–water partition coefficient (Wildman–Crippen LogP) is 5.39. The maximum atomic E-state index is 15.7. The van der Waals surface area contributed by atoms with Gasteiger partial charge >= 0.3 is 42.3 Å². The van der Waals surface area contributed by atoms with Gasteiger partial charge in [0.1, 0.15) is 54.1 Å². The van der Waals surface area contributed by atoms with Crippen LogP contribution in [-0.4, -0.2) is 130 Å². The Morgan fingerprint density at radius 1 is 0.866 bits per heavy atom. The highest BCUT2D eigenvalue weighted by Crippen LogP contribution is 2.68. The second-order valence-corrected chi connectivity index (χ2v) is 23.8. The van der Waals surface area contributed by atoms with Crippen LogP contribution >= 0.6 is 11.6 Å². The largest absolute Gasteiger partial charge is 0.473 e. The number of sulfonamides is 1. The van der Waals surface area contributed by atoms with Crippen molar-refractivity contribution in [2.45, 2.75) is 80.8 Å². The number of halogens is 11. The number of fused-ring (bicyclic) bond motifs is 4. The molecule has 1 unspecified atom stereocenters. The van der Waals surface area contributed by atoms with Crippen molar-refractivity contribution >= 4 is 84.0 Å². The number of amides is 3. The fourth-order valence-electron chi connectivity index (χ4n) is 8.64. The van der Waals surface area contributed by atoms with Gasteiger partial charge in [0.15, 0.2) is 21.3 Å². The molecular weight excluding hydrogens is 1190 g/mol. The van der Waals surface area contributed by atoms with E-state index in [1.165, 1.54) is 13.8 Å². The molecule has 7 rings (SSSR count). The molecule has 1 saturated carbocycles. The summed E-state index contributed by atoms with van der Waals surface area (Å²) in [5.41, 5.74) is -6.98. The second kappa shape index (κ2) is 22.0. The zero-order valence-electron chi connectivity index (χ0n) is 42.0. The molecule has 0 radical (unpaired) electrons. The van der Waals surface area contributed by atoms with Crippen molar-refractivity contribution in [3.05, 3.63) is 93.0 Å². The highest BCUT2D eigenvalue weighted by atomic mass is 35.5. The number of hydrogen-bond donors (Lipinski definition) is 4. The molecule has 2 aromatic carbocycles. The first kappa shape index (κ1) is 61.6. The average Bonchev–Trinajstić information content (AvgIpc) is 2.93. The molecule has 0 bridgehead atoms. The van der Waals surface area contributed by atoms with E-state index in [9.17, 15) is 80.7 Å². The molecule has 2 aliphatic rings. The van der Waals surface area contributed by atoms with Gasteiger partial charge in [0, 0.05) is 34.9 Å². The van der Waals surface area contributed by atoms with E-state index in [1.807, 2.05) is 5.32 Å². The first-order chi connectivity index (χ1) is 37.7. The molecule has 3 amide bonds. The van der Waals surface area contributed by atoms with Crippen LogP contribution in [0.3, 0.4) is 0 Å². The van der Waals surface area contributed by atoms with E-state index >= 15 is 8.78 Å². The average molecular weight is 1230 g/mol. The number of carbonyl (C=O) groups is 6. The lowest BCUT2D eigenvalue weighted by Crippen LogP contribution is -2.51. The number of sulfone groups is 1. The van der Waals surface area contributed by atoms with Crippen molar-refractivity contribution < 1.29 is 109 Å². The Morgan fingerprint density at radius 3 is 1.99 bits per heavy atom. The van der Waals surface area contributed by atoms with Gasteiger partial charge in [-0.3, -0.25) is 14.2 Å². The number of anilines is 1. The second-order valence-electron chi connectivity index (χ2n) is 19.0. The number of aliphatic carboxylic acids is 2. The Morgan fingerprint density at radius 2 is 1.45 bits per heavy atom. The number of nitrogens with one attached hydrogen (secondary N) is 2. The van der Waals surface area contributed by atoms with Gasteiger partial charge in [-0.2, -0.15) is 49.6 Å². The molecule has 0 saturated heterocycles. The first-order valence-corrected chi connectivity index (χ1v) is 27.2. The van der Waals surface area contributed by atoms with E-state index in [0.717, 1.165) is 42.7 Å². The molecule has 440 valence electrons. The number of carboxylic acids is 2. The van der Waals surface area contributed by atoms with Crippen molar-refractivity contribution in [3.63, 3.8) is 0 Å². The highest BCUT2D eigenvalue weighted by molar-refractivity contribution is 7.93. The van der Waals surface area contributed by atoms with Gasteiger partial charge < -0.3 is 30.3 Å². The minimum absolute atomic E-state index is 0.0705. The molecule has 22 nitrogen and oxygen atoms in total. The van der Waals surface area contributed by atoms with Gasteiger partial charge in [0.05, 0.1) is 40.0 Å². The third-order valence-electron chi connectivity index (χ3n) is 12.5.